The Morgan fingerprint density at radius 2 is 1.00 bits per heavy atom. The monoisotopic (exact) mass is 176 g/mol. The van der Waals surface area contributed by atoms with E-state index in [4.69, 9.17) is 0 Å². The van der Waals surface area contributed by atoms with Gasteiger partial charge in [0.1, 0.15) is 0 Å². The van der Waals surface area contributed by atoms with Gasteiger partial charge in [0.05, 0.1) is 0 Å². The molecule has 0 spiro atoms. The largest absolute Gasteiger partial charge is 0.244 e. The zero-order valence-electron chi connectivity index (χ0n) is 8.65. The SMILES string of the molecule is CCCS(C)(CCC)CCC. The molecule has 0 fully saturated rings. The van der Waals surface area contributed by atoms with E-state index in [0.717, 1.165) is 0 Å². The lowest BCUT2D eigenvalue weighted by molar-refractivity contribution is 1.02. The molecule has 0 radical (unpaired) electrons. The summed E-state index contributed by atoms with van der Waals surface area (Å²) in [5.74, 6) is 4.48. The summed E-state index contributed by atoms with van der Waals surface area (Å²) >= 11 is 0. The predicted molar refractivity (Wildman–Crippen MR) is 59.0 cm³/mol. The van der Waals surface area contributed by atoms with Crippen LogP contribution in [0.4, 0.5) is 0 Å². The van der Waals surface area contributed by atoms with E-state index in [2.05, 4.69) is 27.0 Å². The van der Waals surface area contributed by atoms with Crippen molar-refractivity contribution in [1.29, 1.82) is 0 Å². The second kappa shape index (κ2) is 5.93. The molecule has 0 N–H and O–H groups in total. The number of rotatable bonds is 6. The van der Waals surface area contributed by atoms with E-state index in [9.17, 15) is 0 Å². The van der Waals surface area contributed by atoms with Gasteiger partial charge in [-0.3, -0.25) is 0 Å². The summed E-state index contributed by atoms with van der Waals surface area (Å²) in [5.41, 5.74) is 0. The van der Waals surface area contributed by atoms with Crippen LogP contribution in [-0.4, -0.2) is 23.5 Å². The van der Waals surface area contributed by atoms with Gasteiger partial charge in [-0.15, -0.1) is 0 Å². The van der Waals surface area contributed by atoms with E-state index in [1.165, 1.54) is 36.5 Å². The van der Waals surface area contributed by atoms with Gasteiger partial charge < -0.3 is 0 Å². The first-order valence-corrected chi connectivity index (χ1v) is 7.44. The molecule has 70 valence electrons. The molecule has 0 rings (SSSR count). The minimum Gasteiger partial charge on any atom is -0.244 e. The Kier molecular flexibility index (Phi) is 6.12. The molecule has 0 bridgehead atoms. The number of hydrogen-bond donors (Lipinski definition) is 0. The van der Waals surface area contributed by atoms with Gasteiger partial charge in [0.25, 0.3) is 0 Å². The highest BCUT2D eigenvalue weighted by atomic mass is 32.3. The maximum absolute atomic E-state index is 2.53. The van der Waals surface area contributed by atoms with Crippen LogP contribution >= 0.6 is 10.0 Å². The van der Waals surface area contributed by atoms with E-state index in [1.54, 1.807) is 0 Å². The van der Waals surface area contributed by atoms with Crippen LogP contribution in [0.1, 0.15) is 40.0 Å². The van der Waals surface area contributed by atoms with Crippen molar-refractivity contribution in [3.63, 3.8) is 0 Å². The van der Waals surface area contributed by atoms with Crippen molar-refractivity contribution in [3.05, 3.63) is 0 Å². The van der Waals surface area contributed by atoms with Gasteiger partial charge >= 0.3 is 0 Å². The summed E-state index contributed by atoms with van der Waals surface area (Å²) in [4.78, 5) is 0. The first-order chi connectivity index (χ1) is 5.18. The number of hydrogen-bond acceptors (Lipinski definition) is 0. The molecule has 0 atom stereocenters. The molecule has 1 heteroatoms. The third-order valence-electron chi connectivity index (χ3n) is 2.09. The van der Waals surface area contributed by atoms with E-state index in [0.29, 0.717) is 0 Å². The lowest BCUT2D eigenvalue weighted by atomic mass is 10.6. The Labute approximate surface area is 74.1 Å². The minimum atomic E-state index is -0.189. The van der Waals surface area contributed by atoms with E-state index < -0.39 is 0 Å². The maximum Gasteiger partial charge on any atom is -0.0233 e. The molecule has 0 heterocycles. The lowest BCUT2D eigenvalue weighted by Crippen LogP contribution is -2.10. The highest BCUT2D eigenvalue weighted by molar-refractivity contribution is 8.33. The van der Waals surface area contributed by atoms with Gasteiger partial charge in [-0.25, -0.2) is 10.0 Å². The van der Waals surface area contributed by atoms with Crippen LogP contribution in [0.5, 0.6) is 0 Å². The van der Waals surface area contributed by atoms with Gasteiger partial charge in [0, 0.05) is 0 Å². The molecule has 0 aliphatic carbocycles. The van der Waals surface area contributed by atoms with E-state index in [-0.39, 0.29) is 10.0 Å². The summed E-state index contributed by atoms with van der Waals surface area (Å²) < 4.78 is 0. The normalized spacial score (nSPS) is 13.5. The van der Waals surface area contributed by atoms with Crippen LogP contribution in [0.2, 0.25) is 0 Å². The van der Waals surface area contributed by atoms with Crippen molar-refractivity contribution in [2.75, 3.05) is 23.5 Å². The van der Waals surface area contributed by atoms with Crippen LogP contribution in [0.3, 0.4) is 0 Å². The first-order valence-electron chi connectivity index (χ1n) is 4.90. The average molecular weight is 176 g/mol. The highest BCUT2D eigenvalue weighted by Gasteiger charge is 2.13. The summed E-state index contributed by atoms with van der Waals surface area (Å²) in [6, 6.07) is 0. The van der Waals surface area contributed by atoms with Gasteiger partial charge in [-0.1, -0.05) is 20.8 Å². The fourth-order valence-corrected chi connectivity index (χ4v) is 5.35. The second-order valence-electron chi connectivity index (χ2n) is 3.59. The van der Waals surface area contributed by atoms with Crippen molar-refractivity contribution in [2.45, 2.75) is 40.0 Å². The molecule has 0 nitrogen and oxygen atoms in total. The fraction of sp³-hybridized carbons (Fsp3) is 1.00. The van der Waals surface area contributed by atoms with Gasteiger partial charge in [-0.2, -0.15) is 0 Å². The Morgan fingerprint density at radius 3 is 1.18 bits per heavy atom. The molecule has 0 amide bonds. The smallest absolute Gasteiger partial charge is 0.0233 e. The van der Waals surface area contributed by atoms with Gasteiger partial charge in [0.2, 0.25) is 0 Å². The van der Waals surface area contributed by atoms with E-state index >= 15 is 0 Å². The maximum atomic E-state index is 2.53. The molecule has 0 saturated carbocycles. The molecule has 0 saturated heterocycles. The molecule has 0 aromatic rings. The molecule has 0 aliphatic rings. The zero-order valence-corrected chi connectivity index (χ0v) is 9.47. The molecule has 0 aromatic carbocycles. The lowest BCUT2D eigenvalue weighted by Gasteiger charge is -2.35. The van der Waals surface area contributed by atoms with Crippen LogP contribution < -0.4 is 0 Å². The first kappa shape index (κ1) is 11.4. The quantitative estimate of drug-likeness (QED) is 0.579. The predicted octanol–water partition coefficient (Wildman–Crippen LogP) is 3.65. The van der Waals surface area contributed by atoms with E-state index in [1.807, 2.05) is 0 Å². The van der Waals surface area contributed by atoms with Crippen molar-refractivity contribution in [2.24, 2.45) is 0 Å². The second-order valence-corrected chi connectivity index (χ2v) is 7.77. The molecular formula is C10H24S. The standard InChI is InChI=1S/C10H24S/c1-5-8-11(4,9-6-2)10-7-3/h5-10H2,1-4H3. The van der Waals surface area contributed by atoms with Crippen molar-refractivity contribution in [1.82, 2.24) is 0 Å². The Morgan fingerprint density at radius 1 is 0.727 bits per heavy atom. The summed E-state index contributed by atoms with van der Waals surface area (Å²) in [7, 11) is -0.189. The molecule has 0 unspecified atom stereocenters. The summed E-state index contributed by atoms with van der Waals surface area (Å²) in [6.07, 6.45) is 6.67. The van der Waals surface area contributed by atoms with Crippen LogP contribution in [0.25, 0.3) is 0 Å². The molecule has 0 aliphatic heterocycles. The molecule has 0 aromatic heterocycles. The Balaban J connectivity index is 3.79. The summed E-state index contributed by atoms with van der Waals surface area (Å²) in [6.45, 7) is 6.95. The highest BCUT2D eigenvalue weighted by Crippen LogP contribution is 2.45. The fourth-order valence-electron chi connectivity index (χ4n) is 1.78. The summed E-state index contributed by atoms with van der Waals surface area (Å²) in [5, 5.41) is 0. The van der Waals surface area contributed by atoms with Gasteiger partial charge in [-0.05, 0) is 42.8 Å². The van der Waals surface area contributed by atoms with Crippen LogP contribution in [-0.2, 0) is 0 Å². The van der Waals surface area contributed by atoms with Crippen molar-refractivity contribution in [3.8, 4) is 0 Å². The third-order valence-corrected chi connectivity index (χ3v) is 6.27. The van der Waals surface area contributed by atoms with Crippen molar-refractivity contribution < 1.29 is 0 Å². The van der Waals surface area contributed by atoms with Gasteiger partial charge in [0.15, 0.2) is 0 Å². The topological polar surface area (TPSA) is 0 Å². The van der Waals surface area contributed by atoms with Crippen LogP contribution in [0.15, 0.2) is 0 Å². The average Bonchev–Trinajstić information content (AvgIpc) is 1.88. The Bertz CT molecular complexity index is 71.9. The van der Waals surface area contributed by atoms with Crippen molar-refractivity contribution >= 4 is 10.0 Å². The molecular weight excluding hydrogens is 152 g/mol. The third kappa shape index (κ3) is 4.73. The molecule has 11 heavy (non-hydrogen) atoms. The minimum absolute atomic E-state index is 0.189. The Hall–Kier alpha value is 0.350. The van der Waals surface area contributed by atoms with Crippen LogP contribution in [0, 0.1) is 0 Å². The zero-order chi connectivity index (χ0) is 8.74.